The lowest BCUT2D eigenvalue weighted by molar-refractivity contribution is -0.151. The van der Waals surface area contributed by atoms with Crippen molar-refractivity contribution in [3.05, 3.63) is 40.2 Å². The van der Waals surface area contributed by atoms with E-state index in [1.54, 1.807) is 12.1 Å². The fourth-order valence-corrected chi connectivity index (χ4v) is 6.43. The Morgan fingerprint density at radius 2 is 2.00 bits per heavy atom. The first-order valence-electron chi connectivity index (χ1n) is 10.6. The van der Waals surface area contributed by atoms with Gasteiger partial charge in [0.1, 0.15) is 11.3 Å². The third-order valence-electron chi connectivity index (χ3n) is 6.99. The monoisotopic (exact) mass is 397 g/mol. The van der Waals surface area contributed by atoms with Gasteiger partial charge in [0, 0.05) is 23.1 Å². The van der Waals surface area contributed by atoms with Gasteiger partial charge < -0.3 is 19.6 Å². The summed E-state index contributed by atoms with van der Waals surface area (Å²) in [5.74, 6) is 1.35. The Morgan fingerprint density at radius 3 is 2.69 bits per heavy atom. The molecule has 1 amide bonds. The number of benzene rings is 1. The number of carbonyl (C=O) groups excluding carboxylic acids is 1. The van der Waals surface area contributed by atoms with Crippen LogP contribution in [0.1, 0.15) is 51.0 Å². The number of aliphatic hydroxyl groups is 1. The normalized spacial score (nSPS) is 32.5. The number of hydrogen-bond donors (Lipinski definition) is 2. The molecule has 154 valence electrons. The van der Waals surface area contributed by atoms with E-state index in [-0.39, 0.29) is 23.7 Å². The average Bonchev–Trinajstić information content (AvgIpc) is 2.63. The van der Waals surface area contributed by atoms with Gasteiger partial charge >= 0.3 is 5.63 Å². The van der Waals surface area contributed by atoms with Gasteiger partial charge in [-0.3, -0.25) is 4.79 Å². The van der Waals surface area contributed by atoms with Crippen LogP contribution in [0, 0.1) is 11.8 Å². The first kappa shape index (κ1) is 18.7. The number of aryl methyl sites for hydroxylation is 1. The molecule has 0 aliphatic heterocycles. The van der Waals surface area contributed by atoms with Gasteiger partial charge in [0.25, 0.3) is 5.91 Å². The van der Waals surface area contributed by atoms with Gasteiger partial charge in [0.05, 0.1) is 5.60 Å². The van der Waals surface area contributed by atoms with Crippen molar-refractivity contribution in [3.8, 4) is 5.75 Å². The van der Waals surface area contributed by atoms with E-state index in [4.69, 9.17) is 9.15 Å². The van der Waals surface area contributed by atoms with E-state index in [1.165, 1.54) is 12.5 Å². The molecule has 4 aliphatic rings. The summed E-state index contributed by atoms with van der Waals surface area (Å²) >= 11 is 0. The van der Waals surface area contributed by atoms with Gasteiger partial charge in [-0.1, -0.05) is 6.92 Å². The summed E-state index contributed by atoms with van der Waals surface area (Å²) in [5, 5.41) is 14.9. The van der Waals surface area contributed by atoms with Gasteiger partial charge in [-0.25, -0.2) is 4.79 Å². The van der Waals surface area contributed by atoms with Crippen LogP contribution in [0.15, 0.2) is 33.5 Å². The average molecular weight is 397 g/mol. The Morgan fingerprint density at radius 1 is 1.24 bits per heavy atom. The summed E-state index contributed by atoms with van der Waals surface area (Å²) < 4.78 is 11.0. The molecule has 29 heavy (non-hydrogen) atoms. The number of nitrogens with one attached hydrogen (secondary N) is 1. The van der Waals surface area contributed by atoms with E-state index >= 15 is 0 Å². The van der Waals surface area contributed by atoms with Gasteiger partial charge in [-0.05, 0) is 74.5 Å². The number of hydrogen-bond acceptors (Lipinski definition) is 5. The van der Waals surface area contributed by atoms with Crippen molar-refractivity contribution in [3.63, 3.8) is 0 Å². The molecule has 1 aromatic carbocycles. The maximum absolute atomic E-state index is 12.6. The van der Waals surface area contributed by atoms with Crippen LogP contribution in [-0.4, -0.2) is 28.8 Å². The summed E-state index contributed by atoms with van der Waals surface area (Å²) in [6.45, 7) is 1.89. The Labute approximate surface area is 169 Å². The third-order valence-corrected chi connectivity index (χ3v) is 6.99. The van der Waals surface area contributed by atoms with Crippen molar-refractivity contribution in [2.24, 2.45) is 11.8 Å². The molecule has 0 saturated heterocycles. The van der Waals surface area contributed by atoms with Gasteiger partial charge in [-0.2, -0.15) is 0 Å². The minimum atomic E-state index is -0.606. The van der Waals surface area contributed by atoms with Crippen LogP contribution in [0.5, 0.6) is 5.75 Å². The Balaban J connectivity index is 1.27. The highest BCUT2D eigenvalue weighted by atomic mass is 16.5. The number of carbonyl (C=O) groups is 1. The zero-order chi connectivity index (χ0) is 20.2. The highest BCUT2D eigenvalue weighted by Gasteiger charge is 2.57. The molecule has 2 atom stereocenters. The van der Waals surface area contributed by atoms with Crippen LogP contribution in [-0.2, 0) is 11.2 Å². The molecule has 1 aromatic heterocycles. The molecule has 2 unspecified atom stereocenters. The minimum Gasteiger partial charge on any atom is -0.484 e. The number of rotatable bonds is 5. The topological polar surface area (TPSA) is 88.8 Å². The van der Waals surface area contributed by atoms with Gasteiger partial charge in [-0.15, -0.1) is 0 Å². The van der Waals surface area contributed by atoms with Crippen LogP contribution in [0.2, 0.25) is 0 Å². The highest BCUT2D eigenvalue weighted by Crippen LogP contribution is 2.57. The maximum Gasteiger partial charge on any atom is 0.336 e. The molecule has 6 rings (SSSR count). The molecule has 4 fully saturated rings. The number of fused-ring (bicyclic) bond motifs is 1. The second kappa shape index (κ2) is 6.59. The van der Waals surface area contributed by atoms with E-state index < -0.39 is 5.60 Å². The Kier molecular flexibility index (Phi) is 4.24. The van der Waals surface area contributed by atoms with Crippen molar-refractivity contribution >= 4 is 16.9 Å². The Hall–Kier alpha value is -2.34. The van der Waals surface area contributed by atoms with Crippen LogP contribution >= 0.6 is 0 Å². The van der Waals surface area contributed by atoms with Crippen molar-refractivity contribution in [1.29, 1.82) is 0 Å². The SMILES string of the molecule is CCc1cc(=O)oc2cc(OCC(=O)NC34CC5CC(CC(O)(C5)C3)C4)ccc12. The zero-order valence-corrected chi connectivity index (χ0v) is 16.7. The van der Waals surface area contributed by atoms with E-state index in [2.05, 4.69) is 5.32 Å². The summed E-state index contributed by atoms with van der Waals surface area (Å²) in [6, 6.07) is 6.83. The molecular weight excluding hydrogens is 370 g/mol. The summed E-state index contributed by atoms with van der Waals surface area (Å²) in [6.07, 6.45) is 6.23. The van der Waals surface area contributed by atoms with Crippen molar-refractivity contribution in [2.75, 3.05) is 6.61 Å². The summed E-state index contributed by atoms with van der Waals surface area (Å²) in [7, 11) is 0. The predicted octanol–water partition coefficient (Wildman–Crippen LogP) is 2.93. The molecule has 1 heterocycles. The lowest BCUT2D eigenvalue weighted by Gasteiger charge is -2.60. The molecule has 4 aliphatic carbocycles. The van der Waals surface area contributed by atoms with Gasteiger partial charge in [0.2, 0.25) is 0 Å². The first-order chi connectivity index (χ1) is 13.9. The zero-order valence-electron chi connectivity index (χ0n) is 16.7. The predicted molar refractivity (Wildman–Crippen MR) is 108 cm³/mol. The molecule has 2 aromatic rings. The molecule has 0 radical (unpaired) electrons. The van der Waals surface area contributed by atoms with Crippen molar-refractivity contribution in [2.45, 2.75) is 63.0 Å². The molecule has 4 bridgehead atoms. The lowest BCUT2D eigenvalue weighted by atomic mass is 9.51. The Bertz CT molecular complexity index is 1010. The van der Waals surface area contributed by atoms with Crippen LogP contribution in [0.25, 0.3) is 11.0 Å². The fraction of sp³-hybridized carbons (Fsp3) is 0.565. The van der Waals surface area contributed by atoms with Crippen LogP contribution < -0.4 is 15.7 Å². The van der Waals surface area contributed by atoms with E-state index in [0.29, 0.717) is 29.6 Å². The fourth-order valence-electron chi connectivity index (χ4n) is 6.43. The lowest BCUT2D eigenvalue weighted by Crippen LogP contribution is -2.65. The first-order valence-corrected chi connectivity index (χ1v) is 10.6. The molecular formula is C23H27NO5. The van der Waals surface area contributed by atoms with Crippen molar-refractivity contribution in [1.82, 2.24) is 5.32 Å². The third kappa shape index (κ3) is 3.44. The largest absolute Gasteiger partial charge is 0.484 e. The molecule has 0 spiro atoms. The molecule has 6 nitrogen and oxygen atoms in total. The molecule has 4 saturated carbocycles. The second-order valence-corrected chi connectivity index (χ2v) is 9.40. The van der Waals surface area contributed by atoms with Crippen LogP contribution in [0.3, 0.4) is 0 Å². The highest BCUT2D eigenvalue weighted by molar-refractivity contribution is 5.82. The van der Waals surface area contributed by atoms with Crippen LogP contribution in [0.4, 0.5) is 0 Å². The molecule has 2 N–H and O–H groups in total. The van der Waals surface area contributed by atoms with Gasteiger partial charge in [0.15, 0.2) is 6.61 Å². The maximum atomic E-state index is 12.6. The quantitative estimate of drug-likeness (QED) is 0.758. The van der Waals surface area contributed by atoms with E-state index in [0.717, 1.165) is 43.1 Å². The molecule has 6 heteroatoms. The summed E-state index contributed by atoms with van der Waals surface area (Å²) in [4.78, 5) is 24.4. The number of amides is 1. The second-order valence-electron chi connectivity index (χ2n) is 9.40. The standard InChI is InChI=1S/C23H27NO5/c1-2-16-6-21(26)29-19-7-17(3-4-18(16)19)28-12-20(25)24-22-8-14-5-15(9-22)11-23(27,10-14)13-22/h3-4,6-7,14-15,27H,2,5,8-13H2,1H3,(H,24,25). The smallest absolute Gasteiger partial charge is 0.336 e. The summed E-state index contributed by atoms with van der Waals surface area (Å²) in [5.41, 5.74) is 0.121. The number of ether oxygens (including phenoxy) is 1. The van der Waals surface area contributed by atoms with E-state index in [9.17, 15) is 14.7 Å². The van der Waals surface area contributed by atoms with E-state index in [1.807, 2.05) is 13.0 Å². The minimum absolute atomic E-state index is 0.0985. The van der Waals surface area contributed by atoms with Crippen molar-refractivity contribution < 1.29 is 19.1 Å².